The second kappa shape index (κ2) is 6.33. The minimum atomic E-state index is -3.48. The van der Waals surface area contributed by atoms with Crippen molar-refractivity contribution >= 4 is 10.0 Å². The number of hydrogen-bond acceptors (Lipinski definition) is 5. The summed E-state index contributed by atoms with van der Waals surface area (Å²) in [5.74, 6) is 0.606. The summed E-state index contributed by atoms with van der Waals surface area (Å²) in [7, 11) is 1.89. The highest BCUT2D eigenvalue weighted by molar-refractivity contribution is 7.89. The minimum Gasteiger partial charge on any atom is -0.447 e. The molecule has 1 aromatic heterocycles. The van der Waals surface area contributed by atoms with Crippen LogP contribution in [0.2, 0.25) is 0 Å². The fourth-order valence-corrected chi connectivity index (χ4v) is 1.95. The summed E-state index contributed by atoms with van der Waals surface area (Å²) in [5, 5.41) is 3.16. The summed E-state index contributed by atoms with van der Waals surface area (Å²) in [6.45, 7) is 3.42. The molecule has 0 amide bonds. The van der Waals surface area contributed by atoms with Crippen LogP contribution in [-0.2, 0) is 16.6 Å². The van der Waals surface area contributed by atoms with Crippen molar-refractivity contribution in [3.63, 3.8) is 0 Å². The van der Waals surface area contributed by atoms with Gasteiger partial charge in [0.15, 0.2) is 0 Å². The van der Waals surface area contributed by atoms with Gasteiger partial charge in [0, 0.05) is 12.6 Å². The molecule has 18 heavy (non-hydrogen) atoms. The number of hydrogen-bond donors (Lipinski definition) is 2. The largest absolute Gasteiger partial charge is 0.447 e. The van der Waals surface area contributed by atoms with Gasteiger partial charge in [0.1, 0.15) is 5.76 Å². The third-order valence-corrected chi connectivity index (χ3v) is 4.08. The van der Waals surface area contributed by atoms with Crippen LogP contribution >= 0.6 is 0 Å². The van der Waals surface area contributed by atoms with Gasteiger partial charge < -0.3 is 14.6 Å². The molecule has 6 nitrogen and oxygen atoms in total. The zero-order valence-electron chi connectivity index (χ0n) is 11.2. The topological polar surface area (TPSA) is 74.6 Å². The van der Waals surface area contributed by atoms with Gasteiger partial charge in [-0.3, -0.25) is 0 Å². The van der Waals surface area contributed by atoms with E-state index in [0.29, 0.717) is 18.3 Å². The normalized spacial score (nSPS) is 14.1. The van der Waals surface area contributed by atoms with Gasteiger partial charge in [-0.1, -0.05) is 0 Å². The first-order valence-corrected chi connectivity index (χ1v) is 7.24. The SMILES string of the molecule is CNS(=O)(=O)c1ccc(CNCC(C)N(C)C)o1. The molecule has 1 rings (SSSR count). The van der Waals surface area contributed by atoms with E-state index in [9.17, 15) is 8.42 Å². The van der Waals surface area contributed by atoms with Crippen molar-refractivity contribution in [2.45, 2.75) is 24.6 Å². The standard InChI is InChI=1S/C11H21N3O3S/c1-9(14(3)4)7-13-8-10-5-6-11(17-10)18(15,16)12-2/h5-6,9,12-13H,7-8H2,1-4H3. The molecule has 0 saturated carbocycles. The second-order valence-corrected chi connectivity index (χ2v) is 6.19. The first kappa shape index (κ1) is 15.2. The summed E-state index contributed by atoms with van der Waals surface area (Å²) < 4.78 is 30.4. The fourth-order valence-electron chi connectivity index (χ4n) is 1.29. The van der Waals surface area contributed by atoms with Crippen molar-refractivity contribution in [1.29, 1.82) is 0 Å². The molecule has 0 aromatic carbocycles. The lowest BCUT2D eigenvalue weighted by molar-refractivity contribution is 0.297. The van der Waals surface area contributed by atoms with E-state index in [4.69, 9.17) is 4.42 Å². The predicted molar refractivity (Wildman–Crippen MR) is 69.8 cm³/mol. The van der Waals surface area contributed by atoms with Crippen molar-refractivity contribution in [2.24, 2.45) is 0 Å². The van der Waals surface area contributed by atoms with E-state index < -0.39 is 10.0 Å². The first-order chi connectivity index (χ1) is 8.36. The van der Waals surface area contributed by atoms with Crippen molar-refractivity contribution < 1.29 is 12.8 Å². The van der Waals surface area contributed by atoms with Crippen molar-refractivity contribution in [1.82, 2.24) is 14.9 Å². The Hall–Kier alpha value is -0.890. The van der Waals surface area contributed by atoms with Crippen LogP contribution < -0.4 is 10.0 Å². The van der Waals surface area contributed by atoms with Gasteiger partial charge >= 0.3 is 0 Å². The smallest absolute Gasteiger partial charge is 0.273 e. The van der Waals surface area contributed by atoms with Gasteiger partial charge in [-0.05, 0) is 40.2 Å². The molecule has 0 spiro atoms. The summed E-state index contributed by atoms with van der Waals surface area (Å²) in [5.41, 5.74) is 0. The monoisotopic (exact) mass is 275 g/mol. The predicted octanol–water partition coefficient (Wildman–Crippen LogP) is 0.227. The van der Waals surface area contributed by atoms with Crippen LogP contribution in [0.15, 0.2) is 21.6 Å². The molecule has 7 heteroatoms. The average molecular weight is 275 g/mol. The van der Waals surface area contributed by atoms with E-state index in [-0.39, 0.29) is 5.09 Å². The number of nitrogens with zero attached hydrogens (tertiary/aromatic N) is 1. The Bertz CT molecular complexity index is 468. The van der Waals surface area contributed by atoms with Crippen LogP contribution in [0.25, 0.3) is 0 Å². The lowest BCUT2D eigenvalue weighted by Gasteiger charge is -2.19. The van der Waals surface area contributed by atoms with E-state index in [1.165, 1.54) is 13.1 Å². The van der Waals surface area contributed by atoms with Gasteiger partial charge in [-0.15, -0.1) is 0 Å². The Morgan fingerprint density at radius 1 is 1.39 bits per heavy atom. The molecular formula is C11H21N3O3S. The quantitative estimate of drug-likeness (QED) is 0.745. The van der Waals surface area contributed by atoms with E-state index in [1.807, 2.05) is 14.1 Å². The molecular weight excluding hydrogens is 254 g/mol. The Kier molecular flexibility index (Phi) is 5.33. The molecule has 0 aliphatic rings. The van der Waals surface area contributed by atoms with E-state index in [2.05, 4.69) is 21.9 Å². The molecule has 1 unspecified atom stereocenters. The van der Waals surface area contributed by atoms with Crippen LogP contribution in [-0.4, -0.2) is 47.0 Å². The van der Waals surface area contributed by atoms with Crippen molar-refractivity contribution in [3.05, 3.63) is 17.9 Å². The van der Waals surface area contributed by atoms with Crippen LogP contribution in [0.4, 0.5) is 0 Å². The maximum absolute atomic E-state index is 11.5. The van der Waals surface area contributed by atoms with Crippen molar-refractivity contribution in [2.75, 3.05) is 27.7 Å². The molecule has 0 aliphatic carbocycles. The third kappa shape index (κ3) is 4.09. The molecule has 0 radical (unpaired) electrons. The molecule has 0 fully saturated rings. The van der Waals surface area contributed by atoms with Gasteiger partial charge in [0.05, 0.1) is 6.54 Å². The van der Waals surface area contributed by atoms with Crippen LogP contribution in [0.5, 0.6) is 0 Å². The maximum Gasteiger partial charge on any atom is 0.273 e. The van der Waals surface area contributed by atoms with E-state index in [1.54, 1.807) is 6.07 Å². The molecule has 1 atom stereocenters. The van der Waals surface area contributed by atoms with Gasteiger partial charge in [-0.2, -0.15) is 0 Å². The molecule has 104 valence electrons. The van der Waals surface area contributed by atoms with Crippen LogP contribution in [0.3, 0.4) is 0 Å². The van der Waals surface area contributed by atoms with Crippen LogP contribution in [0.1, 0.15) is 12.7 Å². The molecule has 1 heterocycles. The highest BCUT2D eigenvalue weighted by Gasteiger charge is 2.16. The number of furan rings is 1. The highest BCUT2D eigenvalue weighted by Crippen LogP contribution is 2.13. The summed E-state index contributed by atoms with van der Waals surface area (Å²) >= 11 is 0. The minimum absolute atomic E-state index is 0.0533. The van der Waals surface area contributed by atoms with E-state index >= 15 is 0 Å². The Morgan fingerprint density at radius 3 is 2.61 bits per heavy atom. The van der Waals surface area contributed by atoms with Gasteiger partial charge in [-0.25, -0.2) is 13.1 Å². The van der Waals surface area contributed by atoms with Gasteiger partial charge in [0.2, 0.25) is 5.09 Å². The number of rotatable bonds is 7. The average Bonchev–Trinajstić information content (AvgIpc) is 2.78. The molecule has 0 bridgehead atoms. The molecule has 1 aromatic rings. The lowest BCUT2D eigenvalue weighted by atomic mass is 10.3. The maximum atomic E-state index is 11.5. The second-order valence-electron chi connectivity index (χ2n) is 4.37. The molecule has 0 saturated heterocycles. The highest BCUT2D eigenvalue weighted by atomic mass is 32.2. The summed E-state index contributed by atoms with van der Waals surface area (Å²) in [6, 6.07) is 3.52. The fraction of sp³-hybridized carbons (Fsp3) is 0.636. The Morgan fingerprint density at radius 2 is 2.06 bits per heavy atom. The summed E-state index contributed by atoms with van der Waals surface area (Å²) in [6.07, 6.45) is 0. The zero-order chi connectivity index (χ0) is 13.8. The lowest BCUT2D eigenvalue weighted by Crippen LogP contribution is -2.35. The number of likely N-dealkylation sites (N-methyl/N-ethyl adjacent to an activating group) is 1. The number of sulfonamides is 1. The Balaban J connectivity index is 2.51. The van der Waals surface area contributed by atoms with Gasteiger partial charge in [0.25, 0.3) is 10.0 Å². The summed E-state index contributed by atoms with van der Waals surface area (Å²) in [4.78, 5) is 2.10. The Labute approximate surface area is 108 Å². The molecule has 0 aliphatic heterocycles. The number of nitrogens with one attached hydrogen (secondary N) is 2. The molecule has 2 N–H and O–H groups in total. The van der Waals surface area contributed by atoms with E-state index in [0.717, 1.165) is 6.54 Å². The van der Waals surface area contributed by atoms with Crippen molar-refractivity contribution in [3.8, 4) is 0 Å². The third-order valence-electron chi connectivity index (χ3n) is 2.79. The zero-order valence-corrected chi connectivity index (χ0v) is 12.0. The van der Waals surface area contributed by atoms with Crippen LogP contribution in [0, 0.1) is 0 Å². The first-order valence-electron chi connectivity index (χ1n) is 5.76.